The summed E-state index contributed by atoms with van der Waals surface area (Å²) in [5, 5.41) is 2.98. The van der Waals surface area contributed by atoms with Gasteiger partial charge in [-0.1, -0.05) is 12.1 Å². The second kappa shape index (κ2) is 7.42. The summed E-state index contributed by atoms with van der Waals surface area (Å²) in [6.45, 7) is 1.36. The van der Waals surface area contributed by atoms with Crippen LogP contribution in [0, 0.1) is 5.82 Å². The Morgan fingerprint density at radius 1 is 1.10 bits per heavy atom. The normalized spacial score (nSPS) is 22.1. The summed E-state index contributed by atoms with van der Waals surface area (Å²) in [4.78, 5) is 28.2. The molecule has 0 aromatic heterocycles. The van der Waals surface area contributed by atoms with Gasteiger partial charge in [-0.3, -0.25) is 9.59 Å². The predicted octanol–water partition coefficient (Wildman–Crippen LogP) is 4.27. The lowest BCUT2D eigenvalue weighted by molar-refractivity contribution is -0.118. The highest BCUT2D eigenvalue weighted by Crippen LogP contribution is 2.49. The highest BCUT2D eigenvalue weighted by molar-refractivity contribution is 6.03. The molecule has 5 nitrogen and oxygen atoms in total. The third kappa shape index (κ3) is 3.34. The summed E-state index contributed by atoms with van der Waals surface area (Å²) in [6.07, 6.45) is 5.49. The number of halogens is 1. The summed E-state index contributed by atoms with van der Waals surface area (Å²) in [5.74, 6) is 0.113. The number of ether oxygens (including phenoxy) is 1. The van der Waals surface area contributed by atoms with Crippen molar-refractivity contribution < 1.29 is 18.7 Å². The number of hydrogen-bond donors (Lipinski definition) is 1. The number of carbonyl (C=O) groups is 2. The number of nitrogens with one attached hydrogen (secondary N) is 1. The average molecular weight is 408 g/mol. The van der Waals surface area contributed by atoms with Crippen LogP contribution >= 0.6 is 0 Å². The molecule has 2 aromatic carbocycles. The van der Waals surface area contributed by atoms with Gasteiger partial charge in [0.1, 0.15) is 11.6 Å². The van der Waals surface area contributed by atoms with Crippen LogP contribution in [-0.2, 0) is 10.2 Å². The predicted molar refractivity (Wildman–Crippen MR) is 111 cm³/mol. The first-order valence-corrected chi connectivity index (χ1v) is 10.7. The molecule has 2 amide bonds. The van der Waals surface area contributed by atoms with Crippen LogP contribution in [0.2, 0.25) is 0 Å². The minimum atomic E-state index is -0.615. The molecule has 0 spiro atoms. The van der Waals surface area contributed by atoms with E-state index in [0.29, 0.717) is 23.6 Å². The summed E-state index contributed by atoms with van der Waals surface area (Å²) in [6, 6.07) is 11.6. The van der Waals surface area contributed by atoms with Crippen molar-refractivity contribution in [2.75, 3.05) is 18.5 Å². The SMILES string of the molecule is O=C1c2cc(NC(=O)C3(c4ccc(F)cc4)CC3)ccc2OCCC2CCCCN12. The maximum atomic E-state index is 13.3. The zero-order chi connectivity index (χ0) is 20.7. The van der Waals surface area contributed by atoms with Crippen molar-refractivity contribution in [3.8, 4) is 5.75 Å². The molecule has 1 saturated heterocycles. The van der Waals surface area contributed by atoms with E-state index in [9.17, 15) is 14.0 Å². The zero-order valence-electron chi connectivity index (χ0n) is 16.8. The first kappa shape index (κ1) is 19.1. The first-order chi connectivity index (χ1) is 14.6. The molecule has 1 saturated carbocycles. The van der Waals surface area contributed by atoms with Crippen LogP contribution in [0.4, 0.5) is 10.1 Å². The lowest BCUT2D eigenvalue weighted by atomic mass is 9.94. The van der Waals surface area contributed by atoms with Gasteiger partial charge in [0.15, 0.2) is 0 Å². The van der Waals surface area contributed by atoms with Crippen LogP contribution in [0.1, 0.15) is 54.4 Å². The minimum Gasteiger partial charge on any atom is -0.493 e. The summed E-state index contributed by atoms with van der Waals surface area (Å²) < 4.78 is 19.1. The lowest BCUT2D eigenvalue weighted by Crippen LogP contribution is -2.45. The molecule has 1 N–H and O–H groups in total. The molecule has 0 radical (unpaired) electrons. The number of piperidine rings is 1. The van der Waals surface area contributed by atoms with Crippen LogP contribution in [-0.4, -0.2) is 35.9 Å². The number of anilines is 1. The van der Waals surface area contributed by atoms with Crippen LogP contribution in [0.15, 0.2) is 42.5 Å². The van der Waals surface area contributed by atoms with Gasteiger partial charge >= 0.3 is 0 Å². The molecule has 30 heavy (non-hydrogen) atoms. The van der Waals surface area contributed by atoms with E-state index >= 15 is 0 Å². The van der Waals surface area contributed by atoms with Gasteiger partial charge in [-0.15, -0.1) is 0 Å². The van der Waals surface area contributed by atoms with E-state index in [0.717, 1.165) is 50.6 Å². The molecule has 0 bridgehead atoms. The largest absolute Gasteiger partial charge is 0.493 e. The standard InChI is InChI=1S/C24H25FN2O3/c25-17-6-4-16(5-7-17)24(11-12-24)23(29)26-18-8-9-21-20(15-18)22(28)27-13-2-1-3-19(27)10-14-30-21/h4-9,15,19H,1-3,10-14H2,(H,26,29). The van der Waals surface area contributed by atoms with E-state index < -0.39 is 5.41 Å². The number of nitrogens with zero attached hydrogens (tertiary/aromatic N) is 1. The number of amides is 2. The van der Waals surface area contributed by atoms with E-state index in [2.05, 4.69) is 5.32 Å². The van der Waals surface area contributed by atoms with E-state index in [-0.39, 0.29) is 23.7 Å². The number of carbonyl (C=O) groups excluding carboxylic acids is 2. The minimum absolute atomic E-state index is 0.0230. The van der Waals surface area contributed by atoms with Gasteiger partial charge in [0.05, 0.1) is 17.6 Å². The Labute approximate surface area is 175 Å². The monoisotopic (exact) mass is 408 g/mol. The Balaban J connectivity index is 1.39. The fraction of sp³-hybridized carbons (Fsp3) is 0.417. The summed E-state index contributed by atoms with van der Waals surface area (Å²) in [5.41, 5.74) is 1.30. The fourth-order valence-electron chi connectivity index (χ4n) is 4.72. The molecule has 156 valence electrons. The molecule has 1 atom stereocenters. The third-order valence-electron chi connectivity index (χ3n) is 6.65. The van der Waals surface area contributed by atoms with Crippen LogP contribution in [0.3, 0.4) is 0 Å². The number of rotatable bonds is 3. The number of fused-ring (bicyclic) bond motifs is 2. The van der Waals surface area contributed by atoms with Gasteiger partial charge in [-0.2, -0.15) is 0 Å². The highest BCUT2D eigenvalue weighted by atomic mass is 19.1. The average Bonchev–Trinajstić information content (AvgIpc) is 3.56. The van der Waals surface area contributed by atoms with Gasteiger partial charge in [0.2, 0.25) is 5.91 Å². The van der Waals surface area contributed by atoms with Gasteiger partial charge < -0.3 is 15.0 Å². The molecular formula is C24H25FN2O3. The molecule has 2 heterocycles. The fourth-order valence-corrected chi connectivity index (χ4v) is 4.72. The molecular weight excluding hydrogens is 383 g/mol. The Kier molecular flexibility index (Phi) is 4.72. The van der Waals surface area contributed by atoms with Gasteiger partial charge in [-0.05, 0) is 68.0 Å². The number of hydrogen-bond acceptors (Lipinski definition) is 3. The van der Waals surface area contributed by atoms with Crippen LogP contribution in [0.25, 0.3) is 0 Å². The summed E-state index contributed by atoms with van der Waals surface area (Å²) in [7, 11) is 0. The lowest BCUT2D eigenvalue weighted by Gasteiger charge is -2.37. The van der Waals surface area contributed by atoms with Gasteiger partial charge in [-0.25, -0.2) is 4.39 Å². The van der Waals surface area contributed by atoms with E-state index in [1.165, 1.54) is 12.1 Å². The smallest absolute Gasteiger partial charge is 0.257 e. The summed E-state index contributed by atoms with van der Waals surface area (Å²) >= 11 is 0. The molecule has 3 aliphatic rings. The van der Waals surface area contributed by atoms with Gasteiger partial charge in [0.25, 0.3) is 5.91 Å². The second-order valence-corrected chi connectivity index (χ2v) is 8.54. The third-order valence-corrected chi connectivity index (χ3v) is 6.65. The number of benzene rings is 2. The van der Waals surface area contributed by atoms with Crippen LogP contribution < -0.4 is 10.1 Å². The van der Waals surface area contributed by atoms with E-state index in [4.69, 9.17) is 4.74 Å². The Hall–Kier alpha value is -2.89. The Morgan fingerprint density at radius 3 is 2.67 bits per heavy atom. The molecule has 1 unspecified atom stereocenters. The topological polar surface area (TPSA) is 58.6 Å². The molecule has 1 aliphatic carbocycles. The van der Waals surface area contributed by atoms with Gasteiger partial charge in [0, 0.05) is 24.7 Å². The van der Waals surface area contributed by atoms with Crippen molar-refractivity contribution in [2.24, 2.45) is 0 Å². The molecule has 5 rings (SSSR count). The molecule has 2 aromatic rings. The molecule has 2 aliphatic heterocycles. The van der Waals surface area contributed by atoms with Crippen LogP contribution in [0.5, 0.6) is 5.75 Å². The van der Waals surface area contributed by atoms with E-state index in [1.54, 1.807) is 30.3 Å². The maximum absolute atomic E-state index is 13.3. The van der Waals surface area contributed by atoms with Crippen molar-refractivity contribution in [3.05, 3.63) is 59.4 Å². The van der Waals surface area contributed by atoms with Crippen molar-refractivity contribution >= 4 is 17.5 Å². The van der Waals surface area contributed by atoms with Crippen molar-refractivity contribution in [2.45, 2.75) is 50.0 Å². The highest BCUT2D eigenvalue weighted by Gasteiger charge is 2.51. The molecule has 2 fully saturated rings. The quantitative estimate of drug-likeness (QED) is 0.825. The zero-order valence-corrected chi connectivity index (χ0v) is 16.8. The molecule has 6 heteroatoms. The van der Waals surface area contributed by atoms with Crippen molar-refractivity contribution in [3.63, 3.8) is 0 Å². The second-order valence-electron chi connectivity index (χ2n) is 8.54. The maximum Gasteiger partial charge on any atom is 0.257 e. The Morgan fingerprint density at radius 2 is 1.90 bits per heavy atom. The van der Waals surface area contributed by atoms with Crippen molar-refractivity contribution in [1.82, 2.24) is 4.90 Å². The first-order valence-electron chi connectivity index (χ1n) is 10.7. The Bertz CT molecular complexity index is 984. The van der Waals surface area contributed by atoms with Crippen molar-refractivity contribution in [1.29, 1.82) is 0 Å². The van der Waals surface area contributed by atoms with E-state index in [1.807, 2.05) is 4.90 Å².